The number of benzene rings is 1. The molecule has 0 unspecified atom stereocenters. The second kappa shape index (κ2) is 4.24. The molecule has 0 saturated carbocycles. The van der Waals surface area contributed by atoms with Crippen molar-refractivity contribution in [3.63, 3.8) is 0 Å². The first-order valence-electron chi connectivity index (χ1n) is 5.94. The SMILES string of the molecule is CN1CCN(c2cc3cc(Cl)ccc3[nH]2)CC1. The van der Waals surface area contributed by atoms with E-state index in [9.17, 15) is 0 Å². The maximum atomic E-state index is 6.00. The van der Waals surface area contributed by atoms with Crippen molar-refractivity contribution in [2.45, 2.75) is 0 Å². The Morgan fingerprint density at radius 3 is 2.65 bits per heavy atom. The summed E-state index contributed by atoms with van der Waals surface area (Å²) in [7, 11) is 2.17. The first-order chi connectivity index (χ1) is 8.22. The normalized spacial score (nSPS) is 17.9. The highest BCUT2D eigenvalue weighted by molar-refractivity contribution is 6.31. The average molecular weight is 250 g/mol. The lowest BCUT2D eigenvalue weighted by atomic mass is 10.2. The van der Waals surface area contributed by atoms with Gasteiger partial charge in [-0.05, 0) is 31.3 Å². The molecule has 4 heteroatoms. The highest BCUT2D eigenvalue weighted by Gasteiger charge is 2.15. The number of nitrogens with zero attached hydrogens (tertiary/aromatic N) is 2. The third-order valence-electron chi connectivity index (χ3n) is 3.41. The van der Waals surface area contributed by atoms with Gasteiger partial charge in [-0.1, -0.05) is 11.6 Å². The zero-order chi connectivity index (χ0) is 11.8. The molecular formula is C13H16ClN3. The monoisotopic (exact) mass is 249 g/mol. The second-order valence-corrected chi connectivity index (χ2v) is 5.11. The van der Waals surface area contributed by atoms with Crippen LogP contribution in [-0.4, -0.2) is 43.1 Å². The molecule has 1 N–H and O–H groups in total. The van der Waals surface area contributed by atoms with E-state index in [2.05, 4.69) is 27.9 Å². The molecule has 1 aromatic carbocycles. The van der Waals surface area contributed by atoms with Crippen LogP contribution in [-0.2, 0) is 0 Å². The first-order valence-corrected chi connectivity index (χ1v) is 6.32. The zero-order valence-corrected chi connectivity index (χ0v) is 10.7. The van der Waals surface area contributed by atoms with Crippen LogP contribution in [0, 0.1) is 0 Å². The highest BCUT2D eigenvalue weighted by Crippen LogP contribution is 2.25. The van der Waals surface area contributed by atoms with E-state index in [0.717, 1.165) is 36.7 Å². The number of fused-ring (bicyclic) bond motifs is 1. The van der Waals surface area contributed by atoms with Gasteiger partial charge in [-0.3, -0.25) is 0 Å². The molecule has 3 nitrogen and oxygen atoms in total. The van der Waals surface area contributed by atoms with Crippen LogP contribution >= 0.6 is 11.6 Å². The lowest BCUT2D eigenvalue weighted by Crippen LogP contribution is -2.44. The maximum absolute atomic E-state index is 6.00. The Kier molecular flexibility index (Phi) is 2.73. The van der Waals surface area contributed by atoms with E-state index in [1.807, 2.05) is 18.2 Å². The molecule has 1 fully saturated rings. The molecule has 3 rings (SSSR count). The summed E-state index contributed by atoms with van der Waals surface area (Å²) < 4.78 is 0. The summed E-state index contributed by atoms with van der Waals surface area (Å²) in [6.07, 6.45) is 0. The summed E-state index contributed by atoms with van der Waals surface area (Å²) in [6.45, 7) is 4.40. The van der Waals surface area contributed by atoms with Crippen LogP contribution in [0.2, 0.25) is 5.02 Å². The molecule has 0 amide bonds. The lowest BCUT2D eigenvalue weighted by molar-refractivity contribution is 0.312. The molecule has 0 atom stereocenters. The minimum absolute atomic E-state index is 0.793. The molecule has 1 saturated heterocycles. The summed E-state index contributed by atoms with van der Waals surface area (Å²) in [4.78, 5) is 8.21. The standard InChI is InChI=1S/C13H16ClN3/c1-16-4-6-17(7-5-16)13-9-10-8-11(14)2-3-12(10)15-13/h2-3,8-9,15H,4-7H2,1H3. The van der Waals surface area contributed by atoms with E-state index in [1.54, 1.807) is 0 Å². The van der Waals surface area contributed by atoms with Gasteiger partial charge in [0.1, 0.15) is 5.82 Å². The maximum Gasteiger partial charge on any atom is 0.106 e. The number of piperazine rings is 1. The Morgan fingerprint density at radius 2 is 1.88 bits per heavy atom. The van der Waals surface area contributed by atoms with Crippen molar-refractivity contribution in [1.82, 2.24) is 9.88 Å². The molecule has 1 aromatic heterocycles. The van der Waals surface area contributed by atoms with E-state index in [1.165, 1.54) is 11.2 Å². The van der Waals surface area contributed by atoms with Crippen LogP contribution in [0.15, 0.2) is 24.3 Å². The summed E-state index contributed by atoms with van der Waals surface area (Å²) >= 11 is 6.00. The Morgan fingerprint density at radius 1 is 1.12 bits per heavy atom. The number of nitrogens with one attached hydrogen (secondary N) is 1. The quantitative estimate of drug-likeness (QED) is 0.839. The third-order valence-corrected chi connectivity index (χ3v) is 3.65. The van der Waals surface area contributed by atoms with Gasteiger partial charge in [0, 0.05) is 42.1 Å². The summed E-state index contributed by atoms with van der Waals surface area (Å²) in [5.74, 6) is 1.20. The topological polar surface area (TPSA) is 22.3 Å². The number of halogens is 1. The van der Waals surface area contributed by atoms with E-state index < -0.39 is 0 Å². The Labute approximate surface area is 106 Å². The predicted molar refractivity (Wildman–Crippen MR) is 73.0 cm³/mol. The number of rotatable bonds is 1. The average Bonchev–Trinajstić information content (AvgIpc) is 2.72. The van der Waals surface area contributed by atoms with Crippen molar-refractivity contribution in [3.8, 4) is 0 Å². The fourth-order valence-electron chi connectivity index (χ4n) is 2.31. The van der Waals surface area contributed by atoms with Crippen LogP contribution in [0.4, 0.5) is 5.82 Å². The van der Waals surface area contributed by atoms with Crippen molar-refractivity contribution in [3.05, 3.63) is 29.3 Å². The largest absolute Gasteiger partial charge is 0.356 e. The second-order valence-electron chi connectivity index (χ2n) is 4.68. The molecule has 2 aromatic rings. The molecule has 1 aliphatic heterocycles. The van der Waals surface area contributed by atoms with Gasteiger partial charge in [-0.2, -0.15) is 0 Å². The molecule has 0 aliphatic carbocycles. The minimum atomic E-state index is 0.793. The number of H-pyrrole nitrogens is 1. The van der Waals surface area contributed by atoms with E-state index >= 15 is 0 Å². The van der Waals surface area contributed by atoms with Gasteiger partial charge in [0.25, 0.3) is 0 Å². The Balaban J connectivity index is 1.90. The summed E-state index contributed by atoms with van der Waals surface area (Å²) in [5.41, 5.74) is 1.16. The first kappa shape index (κ1) is 10.9. The molecule has 2 heterocycles. The van der Waals surface area contributed by atoms with Crippen molar-refractivity contribution >= 4 is 28.3 Å². The molecule has 0 spiro atoms. The molecule has 1 aliphatic rings. The number of hydrogen-bond acceptors (Lipinski definition) is 2. The van der Waals surface area contributed by atoms with Crippen molar-refractivity contribution < 1.29 is 0 Å². The van der Waals surface area contributed by atoms with Crippen LogP contribution in [0.3, 0.4) is 0 Å². The summed E-state index contributed by atoms with van der Waals surface area (Å²) in [5, 5.41) is 1.98. The van der Waals surface area contributed by atoms with Gasteiger partial charge in [0.15, 0.2) is 0 Å². The van der Waals surface area contributed by atoms with Gasteiger partial charge in [0.05, 0.1) is 0 Å². The number of aromatic nitrogens is 1. The molecule has 0 bridgehead atoms. The number of aromatic amines is 1. The van der Waals surface area contributed by atoms with Gasteiger partial charge in [0.2, 0.25) is 0 Å². The minimum Gasteiger partial charge on any atom is -0.356 e. The van der Waals surface area contributed by atoms with Crippen molar-refractivity contribution in [2.75, 3.05) is 38.1 Å². The van der Waals surface area contributed by atoms with Crippen LogP contribution < -0.4 is 4.90 Å². The van der Waals surface area contributed by atoms with Gasteiger partial charge in [-0.15, -0.1) is 0 Å². The zero-order valence-electron chi connectivity index (χ0n) is 9.91. The fraction of sp³-hybridized carbons (Fsp3) is 0.385. The van der Waals surface area contributed by atoms with E-state index in [4.69, 9.17) is 11.6 Å². The fourth-order valence-corrected chi connectivity index (χ4v) is 2.49. The molecular weight excluding hydrogens is 234 g/mol. The summed E-state index contributed by atoms with van der Waals surface area (Å²) in [6, 6.07) is 8.16. The lowest BCUT2D eigenvalue weighted by Gasteiger charge is -2.32. The predicted octanol–water partition coefficient (Wildman–Crippen LogP) is 2.57. The van der Waals surface area contributed by atoms with Gasteiger partial charge >= 0.3 is 0 Å². The molecule has 17 heavy (non-hydrogen) atoms. The number of anilines is 1. The number of hydrogen-bond donors (Lipinski definition) is 1. The van der Waals surface area contributed by atoms with Crippen LogP contribution in [0.1, 0.15) is 0 Å². The highest BCUT2D eigenvalue weighted by atomic mass is 35.5. The van der Waals surface area contributed by atoms with Gasteiger partial charge < -0.3 is 14.8 Å². The smallest absolute Gasteiger partial charge is 0.106 e. The van der Waals surface area contributed by atoms with Crippen molar-refractivity contribution in [1.29, 1.82) is 0 Å². The van der Waals surface area contributed by atoms with E-state index in [0.29, 0.717) is 0 Å². The van der Waals surface area contributed by atoms with E-state index in [-0.39, 0.29) is 0 Å². The van der Waals surface area contributed by atoms with Crippen LogP contribution in [0.25, 0.3) is 10.9 Å². The Hall–Kier alpha value is -1.19. The molecule has 90 valence electrons. The van der Waals surface area contributed by atoms with Crippen LogP contribution in [0.5, 0.6) is 0 Å². The third kappa shape index (κ3) is 2.13. The molecule has 0 radical (unpaired) electrons. The van der Waals surface area contributed by atoms with Crippen molar-refractivity contribution in [2.24, 2.45) is 0 Å². The Bertz CT molecular complexity index is 526. The van der Waals surface area contributed by atoms with Gasteiger partial charge in [-0.25, -0.2) is 0 Å². The number of likely N-dealkylation sites (N-methyl/N-ethyl adjacent to an activating group) is 1.